The Bertz CT molecular complexity index is 735. The standard InChI is InChI=1S/C18H22N4OS/c1-3-19-17-10-15-11-22(8-7-16(15)20-21-17)18(23)14-6-4-5-13(9-14)12-24-2/h4-6,9-10H,3,7-8,11-12H2,1-2H3,(H,19,21). The van der Waals surface area contributed by atoms with Crippen molar-refractivity contribution in [1.29, 1.82) is 0 Å². The molecule has 3 rings (SSSR count). The Hall–Kier alpha value is -2.08. The van der Waals surface area contributed by atoms with E-state index in [2.05, 4.69) is 27.8 Å². The van der Waals surface area contributed by atoms with Crippen LogP contribution < -0.4 is 5.32 Å². The molecule has 1 aromatic carbocycles. The Morgan fingerprint density at radius 2 is 2.21 bits per heavy atom. The van der Waals surface area contributed by atoms with Crippen molar-refractivity contribution < 1.29 is 4.79 Å². The van der Waals surface area contributed by atoms with Crippen molar-refractivity contribution in [2.45, 2.75) is 25.6 Å². The van der Waals surface area contributed by atoms with Gasteiger partial charge in [-0.2, -0.15) is 16.9 Å². The lowest BCUT2D eigenvalue weighted by atomic mass is 10.0. The van der Waals surface area contributed by atoms with E-state index in [9.17, 15) is 4.79 Å². The molecule has 0 fully saturated rings. The number of hydrogen-bond acceptors (Lipinski definition) is 5. The van der Waals surface area contributed by atoms with Gasteiger partial charge in [0, 0.05) is 37.4 Å². The van der Waals surface area contributed by atoms with E-state index in [-0.39, 0.29) is 5.91 Å². The molecule has 0 spiro atoms. The molecule has 0 saturated carbocycles. The minimum absolute atomic E-state index is 0.0883. The lowest BCUT2D eigenvalue weighted by Gasteiger charge is -2.28. The normalized spacial score (nSPS) is 13.5. The van der Waals surface area contributed by atoms with E-state index < -0.39 is 0 Å². The van der Waals surface area contributed by atoms with Gasteiger partial charge in [-0.1, -0.05) is 12.1 Å². The summed E-state index contributed by atoms with van der Waals surface area (Å²) in [6.07, 6.45) is 2.82. The Morgan fingerprint density at radius 1 is 1.33 bits per heavy atom. The molecule has 0 atom stereocenters. The summed E-state index contributed by atoms with van der Waals surface area (Å²) in [5.41, 5.74) is 4.03. The number of carbonyl (C=O) groups excluding carboxylic acids is 1. The quantitative estimate of drug-likeness (QED) is 0.905. The van der Waals surface area contributed by atoms with Gasteiger partial charge in [0.15, 0.2) is 0 Å². The summed E-state index contributed by atoms with van der Waals surface area (Å²) < 4.78 is 0. The number of fused-ring (bicyclic) bond motifs is 1. The fraction of sp³-hybridized carbons (Fsp3) is 0.389. The molecule has 2 aromatic rings. The monoisotopic (exact) mass is 342 g/mol. The van der Waals surface area contributed by atoms with E-state index in [1.54, 1.807) is 11.8 Å². The van der Waals surface area contributed by atoms with Crippen molar-refractivity contribution >= 4 is 23.5 Å². The molecule has 1 aliphatic rings. The van der Waals surface area contributed by atoms with Crippen LogP contribution in [0.1, 0.15) is 34.1 Å². The van der Waals surface area contributed by atoms with E-state index in [4.69, 9.17) is 0 Å². The lowest BCUT2D eigenvalue weighted by molar-refractivity contribution is 0.0733. The first-order valence-corrected chi connectivity index (χ1v) is 9.57. The number of benzene rings is 1. The number of nitrogens with zero attached hydrogens (tertiary/aromatic N) is 3. The van der Waals surface area contributed by atoms with Gasteiger partial charge in [0.05, 0.1) is 5.69 Å². The fourth-order valence-electron chi connectivity index (χ4n) is 2.91. The zero-order valence-corrected chi connectivity index (χ0v) is 14.9. The van der Waals surface area contributed by atoms with Gasteiger partial charge in [-0.3, -0.25) is 4.79 Å². The van der Waals surface area contributed by atoms with Crippen LogP contribution in [-0.2, 0) is 18.7 Å². The second-order valence-corrected chi connectivity index (χ2v) is 6.71. The number of anilines is 1. The minimum Gasteiger partial charge on any atom is -0.369 e. The molecule has 0 bridgehead atoms. The van der Waals surface area contributed by atoms with Crippen LogP contribution in [0.5, 0.6) is 0 Å². The summed E-state index contributed by atoms with van der Waals surface area (Å²) in [5.74, 6) is 1.78. The average molecular weight is 342 g/mol. The first kappa shape index (κ1) is 16.8. The van der Waals surface area contributed by atoms with Crippen LogP contribution in [0.25, 0.3) is 0 Å². The largest absolute Gasteiger partial charge is 0.369 e. The summed E-state index contributed by atoms with van der Waals surface area (Å²) in [6, 6.07) is 9.94. The number of carbonyl (C=O) groups is 1. The van der Waals surface area contributed by atoms with Gasteiger partial charge in [0.1, 0.15) is 5.82 Å². The summed E-state index contributed by atoms with van der Waals surface area (Å²) in [7, 11) is 0. The molecule has 5 nitrogen and oxygen atoms in total. The van der Waals surface area contributed by atoms with Crippen molar-refractivity contribution in [3.05, 3.63) is 52.7 Å². The molecule has 0 unspecified atom stereocenters. The number of aromatic nitrogens is 2. The van der Waals surface area contributed by atoms with Gasteiger partial charge in [-0.05, 0) is 42.5 Å². The highest BCUT2D eigenvalue weighted by atomic mass is 32.2. The Morgan fingerprint density at radius 3 is 3.00 bits per heavy atom. The molecule has 6 heteroatoms. The SMILES string of the molecule is CCNc1cc2c(nn1)CCN(C(=O)c1cccc(CSC)c1)C2. The van der Waals surface area contributed by atoms with Gasteiger partial charge in [0.2, 0.25) is 0 Å². The van der Waals surface area contributed by atoms with Gasteiger partial charge in [0.25, 0.3) is 5.91 Å². The van der Waals surface area contributed by atoms with E-state index in [1.807, 2.05) is 36.1 Å². The van der Waals surface area contributed by atoms with E-state index in [0.717, 1.165) is 41.4 Å². The van der Waals surface area contributed by atoms with Crippen molar-refractivity contribution in [3.8, 4) is 0 Å². The Kier molecular flexibility index (Phi) is 5.35. The van der Waals surface area contributed by atoms with Crippen LogP contribution in [0.4, 0.5) is 5.82 Å². The van der Waals surface area contributed by atoms with Gasteiger partial charge >= 0.3 is 0 Å². The van der Waals surface area contributed by atoms with E-state index in [0.29, 0.717) is 13.1 Å². The molecular formula is C18H22N4OS. The number of amides is 1. The van der Waals surface area contributed by atoms with Gasteiger partial charge < -0.3 is 10.2 Å². The lowest BCUT2D eigenvalue weighted by Crippen LogP contribution is -2.36. The summed E-state index contributed by atoms with van der Waals surface area (Å²) in [6.45, 7) is 4.11. The maximum Gasteiger partial charge on any atom is 0.254 e. The Balaban J connectivity index is 1.77. The third kappa shape index (κ3) is 3.70. The van der Waals surface area contributed by atoms with Crippen LogP contribution in [0, 0.1) is 0 Å². The number of thioether (sulfide) groups is 1. The molecule has 1 amide bonds. The summed E-state index contributed by atoms with van der Waals surface area (Å²) in [5, 5.41) is 11.6. The van der Waals surface area contributed by atoms with Crippen molar-refractivity contribution in [3.63, 3.8) is 0 Å². The molecule has 126 valence electrons. The van der Waals surface area contributed by atoms with E-state index >= 15 is 0 Å². The maximum atomic E-state index is 12.8. The molecule has 1 aliphatic heterocycles. The molecule has 1 N–H and O–H groups in total. The highest BCUT2D eigenvalue weighted by Gasteiger charge is 2.23. The molecule has 24 heavy (non-hydrogen) atoms. The minimum atomic E-state index is 0.0883. The average Bonchev–Trinajstić information content (AvgIpc) is 2.61. The van der Waals surface area contributed by atoms with E-state index in [1.165, 1.54) is 5.56 Å². The van der Waals surface area contributed by atoms with Crippen LogP contribution in [0.2, 0.25) is 0 Å². The van der Waals surface area contributed by atoms with Crippen molar-refractivity contribution in [2.24, 2.45) is 0 Å². The predicted octanol–water partition coefficient (Wildman–Crippen LogP) is 2.97. The smallest absolute Gasteiger partial charge is 0.254 e. The molecule has 0 radical (unpaired) electrons. The molecule has 0 saturated heterocycles. The first-order valence-electron chi connectivity index (χ1n) is 8.17. The molecule has 0 aliphatic carbocycles. The van der Waals surface area contributed by atoms with Gasteiger partial charge in [-0.15, -0.1) is 5.10 Å². The Labute approximate surface area is 146 Å². The van der Waals surface area contributed by atoms with Crippen LogP contribution >= 0.6 is 11.8 Å². The second-order valence-electron chi connectivity index (χ2n) is 5.84. The highest BCUT2D eigenvalue weighted by molar-refractivity contribution is 7.97. The third-order valence-electron chi connectivity index (χ3n) is 4.07. The van der Waals surface area contributed by atoms with Crippen LogP contribution in [0.3, 0.4) is 0 Å². The van der Waals surface area contributed by atoms with Crippen LogP contribution in [-0.4, -0.2) is 40.3 Å². The number of hydrogen-bond donors (Lipinski definition) is 1. The highest BCUT2D eigenvalue weighted by Crippen LogP contribution is 2.21. The maximum absolute atomic E-state index is 12.8. The summed E-state index contributed by atoms with van der Waals surface area (Å²) in [4.78, 5) is 14.7. The number of rotatable bonds is 5. The fourth-order valence-corrected chi connectivity index (χ4v) is 3.43. The zero-order valence-electron chi connectivity index (χ0n) is 14.1. The topological polar surface area (TPSA) is 58.1 Å². The molecule has 1 aromatic heterocycles. The number of nitrogens with one attached hydrogen (secondary N) is 1. The van der Waals surface area contributed by atoms with Gasteiger partial charge in [-0.25, -0.2) is 0 Å². The predicted molar refractivity (Wildman–Crippen MR) is 98.3 cm³/mol. The molecule has 2 heterocycles. The first-order chi connectivity index (χ1) is 11.7. The van der Waals surface area contributed by atoms with Crippen molar-refractivity contribution in [1.82, 2.24) is 15.1 Å². The van der Waals surface area contributed by atoms with Crippen LogP contribution in [0.15, 0.2) is 30.3 Å². The third-order valence-corrected chi connectivity index (χ3v) is 4.69. The second kappa shape index (κ2) is 7.66. The zero-order chi connectivity index (χ0) is 16.9. The summed E-state index contributed by atoms with van der Waals surface area (Å²) >= 11 is 1.76. The van der Waals surface area contributed by atoms with Crippen molar-refractivity contribution in [2.75, 3.05) is 24.7 Å². The molecular weight excluding hydrogens is 320 g/mol.